The van der Waals surface area contributed by atoms with Crippen molar-refractivity contribution in [2.24, 2.45) is 11.8 Å². The van der Waals surface area contributed by atoms with E-state index < -0.39 is 41.0 Å². The zero-order chi connectivity index (χ0) is 29.4. The van der Waals surface area contributed by atoms with Gasteiger partial charge in [-0.25, -0.2) is 9.59 Å². The highest BCUT2D eigenvalue weighted by molar-refractivity contribution is 6.01. The largest absolute Gasteiger partial charge is 0.497 e. The predicted molar refractivity (Wildman–Crippen MR) is 143 cm³/mol. The lowest BCUT2D eigenvalue weighted by Gasteiger charge is -2.47. The fraction of sp³-hybridized carbons (Fsp3) is 0.414. The lowest BCUT2D eigenvalue weighted by atomic mass is 9.77. The second kappa shape index (κ2) is 11.3. The summed E-state index contributed by atoms with van der Waals surface area (Å²) >= 11 is 0. The number of hydrogen-bond donors (Lipinski definition) is 0. The normalized spacial score (nSPS) is 24.5. The molecule has 2 aromatic rings. The van der Waals surface area contributed by atoms with Crippen molar-refractivity contribution in [3.8, 4) is 5.75 Å². The van der Waals surface area contributed by atoms with Crippen LogP contribution in [-0.2, 0) is 30.5 Å². The van der Waals surface area contributed by atoms with Crippen LogP contribution in [0.2, 0.25) is 0 Å². The van der Waals surface area contributed by atoms with E-state index >= 15 is 0 Å². The molecule has 12 nitrogen and oxygen atoms in total. The van der Waals surface area contributed by atoms with Gasteiger partial charge in [0.2, 0.25) is 5.91 Å². The number of hydroxylamine groups is 2. The average Bonchev–Trinajstić information content (AvgIpc) is 3.50. The number of β-lactam (4-membered cyclic amide) rings is 1. The minimum atomic E-state index is -0.808. The second-order valence-corrected chi connectivity index (χ2v) is 10.4. The first-order valence-corrected chi connectivity index (χ1v) is 13.3. The van der Waals surface area contributed by atoms with Crippen molar-refractivity contribution >= 4 is 23.5 Å². The van der Waals surface area contributed by atoms with E-state index in [1.54, 1.807) is 43.4 Å². The van der Waals surface area contributed by atoms with Crippen LogP contribution in [-0.4, -0.2) is 71.7 Å². The maximum absolute atomic E-state index is 13.5. The highest BCUT2D eigenvalue weighted by Crippen LogP contribution is 2.50. The molecule has 0 saturated carbocycles. The number of fused-ring (bicyclic) bond motifs is 1. The van der Waals surface area contributed by atoms with E-state index in [-0.39, 0.29) is 35.4 Å². The topological polar surface area (TPSA) is 138 Å². The van der Waals surface area contributed by atoms with E-state index in [0.717, 1.165) is 5.56 Å². The molecule has 0 N–H and O–H groups in total. The van der Waals surface area contributed by atoms with Crippen molar-refractivity contribution in [3.63, 3.8) is 0 Å². The molecule has 5 rings (SSSR count). The number of nitrogens with zero attached hydrogens (tertiary/aromatic N) is 3. The molecule has 1 amide bonds. The highest BCUT2D eigenvalue weighted by Gasteiger charge is 2.62. The second-order valence-electron chi connectivity index (χ2n) is 10.4. The predicted octanol–water partition coefficient (Wildman–Crippen LogP) is 3.26. The molecular formula is C29H31N3O9. The van der Waals surface area contributed by atoms with Crippen LogP contribution in [0.5, 0.6) is 5.75 Å². The fourth-order valence-corrected chi connectivity index (χ4v) is 5.81. The van der Waals surface area contributed by atoms with Gasteiger partial charge in [0, 0.05) is 31.6 Å². The Morgan fingerprint density at radius 3 is 2.39 bits per heavy atom. The Bertz CT molecular complexity index is 1390. The SMILES string of the molecule is COc1ccc(COC(=O)C2=C([C@@H]3CCN(C)O3)[C@H](C)[C@H]3[C@@H]([C@@H](C)OC(=O)c4ccc([N+](=O)[O-])cc4)C(=O)N23)cc1. The molecule has 0 bridgehead atoms. The third-order valence-electron chi connectivity index (χ3n) is 7.90. The van der Waals surface area contributed by atoms with Gasteiger partial charge in [-0.15, -0.1) is 0 Å². The number of carbonyl (C=O) groups excluding carboxylic acids is 3. The number of methoxy groups -OCH3 is 1. The fourth-order valence-electron chi connectivity index (χ4n) is 5.81. The van der Waals surface area contributed by atoms with Gasteiger partial charge in [-0.3, -0.25) is 19.7 Å². The Balaban J connectivity index is 1.33. The van der Waals surface area contributed by atoms with Gasteiger partial charge in [-0.05, 0) is 48.7 Å². The number of rotatable bonds is 9. The third-order valence-corrected chi connectivity index (χ3v) is 7.90. The number of amides is 1. The number of nitro benzene ring substituents is 1. The van der Waals surface area contributed by atoms with Gasteiger partial charge >= 0.3 is 11.9 Å². The van der Waals surface area contributed by atoms with Crippen LogP contribution in [0, 0.1) is 22.0 Å². The molecule has 216 valence electrons. The lowest BCUT2D eigenvalue weighted by Crippen LogP contribution is -2.64. The first kappa shape index (κ1) is 28.2. The molecule has 0 aliphatic carbocycles. The van der Waals surface area contributed by atoms with E-state index in [1.165, 1.54) is 29.2 Å². The maximum atomic E-state index is 13.5. The van der Waals surface area contributed by atoms with Crippen molar-refractivity contribution in [2.75, 3.05) is 20.7 Å². The van der Waals surface area contributed by atoms with Crippen molar-refractivity contribution in [3.05, 3.63) is 81.0 Å². The van der Waals surface area contributed by atoms with Crippen molar-refractivity contribution in [1.82, 2.24) is 9.96 Å². The van der Waals surface area contributed by atoms with E-state index in [4.69, 9.17) is 19.0 Å². The zero-order valence-corrected chi connectivity index (χ0v) is 23.1. The molecule has 0 unspecified atom stereocenters. The van der Waals surface area contributed by atoms with Crippen molar-refractivity contribution in [2.45, 2.75) is 45.1 Å². The monoisotopic (exact) mass is 565 g/mol. The molecule has 41 heavy (non-hydrogen) atoms. The number of benzene rings is 2. The van der Waals surface area contributed by atoms with Gasteiger partial charge in [-0.2, -0.15) is 5.06 Å². The molecule has 3 heterocycles. The molecule has 5 atom stereocenters. The van der Waals surface area contributed by atoms with Gasteiger partial charge in [0.1, 0.15) is 30.3 Å². The Labute approximate surface area is 236 Å². The Morgan fingerprint density at radius 1 is 1.12 bits per heavy atom. The van der Waals surface area contributed by atoms with Gasteiger partial charge < -0.3 is 19.1 Å². The molecule has 12 heteroatoms. The average molecular weight is 566 g/mol. The van der Waals surface area contributed by atoms with Crippen LogP contribution in [0.4, 0.5) is 5.69 Å². The standard InChI is InChI=1S/C29H31N3O9/c1-16-23(22-13-14-30(3)41-22)26(29(35)39-15-18-5-11-21(38-4)12-6-18)31-25(16)24(27(31)33)17(2)40-28(34)19-7-9-20(10-8-19)32(36)37/h5-12,16-17,22,24-25H,13-15H2,1-4H3/t16-,17+,22-,24+,25-/m0/s1. The summed E-state index contributed by atoms with van der Waals surface area (Å²) in [7, 11) is 3.38. The molecule has 0 aromatic heterocycles. The minimum absolute atomic E-state index is 0.0127. The number of hydrogen-bond acceptors (Lipinski definition) is 10. The number of carbonyl (C=O) groups is 3. The molecule has 3 aliphatic heterocycles. The van der Waals surface area contributed by atoms with E-state index in [2.05, 4.69) is 0 Å². The lowest BCUT2D eigenvalue weighted by molar-refractivity contribution is -0.384. The zero-order valence-electron chi connectivity index (χ0n) is 23.1. The summed E-state index contributed by atoms with van der Waals surface area (Å²) < 4.78 is 16.5. The smallest absolute Gasteiger partial charge is 0.355 e. The minimum Gasteiger partial charge on any atom is -0.497 e. The first-order chi connectivity index (χ1) is 19.6. The summed E-state index contributed by atoms with van der Waals surface area (Å²) in [4.78, 5) is 57.5. The summed E-state index contributed by atoms with van der Waals surface area (Å²) in [6.45, 7) is 4.25. The van der Waals surface area contributed by atoms with Gasteiger partial charge in [0.15, 0.2) is 0 Å². The molecule has 2 fully saturated rings. The van der Waals surface area contributed by atoms with Crippen LogP contribution in [0.3, 0.4) is 0 Å². The molecular weight excluding hydrogens is 534 g/mol. The van der Waals surface area contributed by atoms with Gasteiger partial charge in [-0.1, -0.05) is 19.1 Å². The number of esters is 2. The van der Waals surface area contributed by atoms with Crippen LogP contribution in [0.1, 0.15) is 36.2 Å². The third kappa shape index (κ3) is 5.27. The van der Waals surface area contributed by atoms with Crippen LogP contribution < -0.4 is 4.74 Å². The Kier molecular flexibility index (Phi) is 7.78. The number of non-ortho nitro benzene ring substituents is 1. The summed E-state index contributed by atoms with van der Waals surface area (Å²) in [5.74, 6) is -1.92. The molecule has 3 aliphatic rings. The van der Waals surface area contributed by atoms with Gasteiger partial charge in [0.05, 0.1) is 29.6 Å². The summed E-state index contributed by atoms with van der Waals surface area (Å²) in [5.41, 5.74) is 1.63. The molecule has 0 radical (unpaired) electrons. The van der Waals surface area contributed by atoms with Crippen LogP contribution in [0.15, 0.2) is 59.8 Å². The highest BCUT2D eigenvalue weighted by atomic mass is 16.7. The summed E-state index contributed by atoms with van der Waals surface area (Å²) in [6.07, 6.45) is -0.553. The molecule has 2 aromatic carbocycles. The van der Waals surface area contributed by atoms with Gasteiger partial charge in [0.25, 0.3) is 5.69 Å². The quantitative estimate of drug-likeness (QED) is 0.193. The number of nitro groups is 1. The molecule has 2 saturated heterocycles. The van der Waals surface area contributed by atoms with E-state index in [9.17, 15) is 24.5 Å². The Morgan fingerprint density at radius 2 is 1.80 bits per heavy atom. The summed E-state index contributed by atoms with van der Waals surface area (Å²) in [5, 5.41) is 12.6. The van der Waals surface area contributed by atoms with E-state index in [1.807, 2.05) is 14.0 Å². The maximum Gasteiger partial charge on any atom is 0.355 e. The Hall–Kier alpha value is -4.29. The first-order valence-electron chi connectivity index (χ1n) is 13.3. The summed E-state index contributed by atoms with van der Waals surface area (Å²) in [6, 6.07) is 11.8. The van der Waals surface area contributed by atoms with Crippen molar-refractivity contribution < 1.29 is 38.4 Å². The van der Waals surface area contributed by atoms with Crippen LogP contribution >= 0.6 is 0 Å². The van der Waals surface area contributed by atoms with Crippen molar-refractivity contribution in [1.29, 1.82) is 0 Å². The van der Waals surface area contributed by atoms with E-state index in [0.29, 0.717) is 24.3 Å². The number of ether oxygens (including phenoxy) is 3. The molecule has 0 spiro atoms. The van der Waals surface area contributed by atoms with Crippen LogP contribution in [0.25, 0.3) is 0 Å².